The number of hydrogen-bond donors (Lipinski definition) is 1. The fraction of sp³-hybridized carbons (Fsp3) is 0.0625. The van der Waals surface area contributed by atoms with Crippen molar-refractivity contribution in [1.29, 1.82) is 0 Å². The average molecular weight is 366 g/mol. The molecule has 0 saturated carbocycles. The van der Waals surface area contributed by atoms with E-state index in [1.807, 2.05) is 12.1 Å². The predicted molar refractivity (Wildman–Crippen MR) is 80.9 cm³/mol. The van der Waals surface area contributed by atoms with Gasteiger partial charge in [-0.05, 0) is 24.3 Å². The molecule has 1 aromatic heterocycles. The van der Waals surface area contributed by atoms with E-state index >= 15 is 0 Å². The summed E-state index contributed by atoms with van der Waals surface area (Å²) in [4.78, 5) is 0. The number of halogens is 3. The van der Waals surface area contributed by atoms with Crippen molar-refractivity contribution in [2.24, 2.45) is 0 Å². The van der Waals surface area contributed by atoms with Crippen molar-refractivity contribution in [2.45, 2.75) is 6.61 Å². The summed E-state index contributed by atoms with van der Waals surface area (Å²) in [6.45, 7) is -0.411. The van der Waals surface area contributed by atoms with Gasteiger partial charge in [-0.2, -0.15) is 0 Å². The molecular formula is C16H10BrF2NO2. The molecule has 0 amide bonds. The molecule has 0 atom stereocenters. The zero-order chi connectivity index (χ0) is 15.7. The van der Waals surface area contributed by atoms with Gasteiger partial charge in [0.1, 0.15) is 17.3 Å². The molecule has 2 aromatic carbocycles. The summed E-state index contributed by atoms with van der Waals surface area (Å²) < 4.78 is 33.2. The van der Waals surface area contributed by atoms with Crippen molar-refractivity contribution >= 4 is 15.9 Å². The first kappa shape index (κ1) is 14.9. The average Bonchev–Trinajstić information content (AvgIpc) is 2.93. The van der Waals surface area contributed by atoms with Crippen LogP contribution in [0, 0.1) is 11.6 Å². The monoisotopic (exact) mass is 365 g/mol. The van der Waals surface area contributed by atoms with E-state index in [2.05, 4.69) is 21.1 Å². The zero-order valence-electron chi connectivity index (χ0n) is 11.2. The number of aliphatic hydroxyl groups is 1. The lowest BCUT2D eigenvalue weighted by atomic mass is 10.0. The molecule has 0 aliphatic carbocycles. The Hall–Kier alpha value is -2.05. The third-order valence-electron chi connectivity index (χ3n) is 3.25. The molecule has 3 rings (SSSR count). The highest BCUT2D eigenvalue weighted by Crippen LogP contribution is 2.36. The Bertz CT molecular complexity index is 833. The molecule has 0 spiro atoms. The third kappa shape index (κ3) is 2.55. The minimum Gasteiger partial charge on any atom is -0.391 e. The van der Waals surface area contributed by atoms with Crippen LogP contribution in [0.1, 0.15) is 5.56 Å². The van der Waals surface area contributed by atoms with Gasteiger partial charge in [0.25, 0.3) is 0 Å². The van der Waals surface area contributed by atoms with E-state index in [-0.39, 0.29) is 11.3 Å². The van der Waals surface area contributed by atoms with Crippen LogP contribution in [-0.2, 0) is 6.61 Å². The highest BCUT2D eigenvalue weighted by molar-refractivity contribution is 9.10. The molecule has 0 aliphatic rings. The molecule has 1 N–H and O–H groups in total. The van der Waals surface area contributed by atoms with E-state index in [1.54, 1.807) is 12.1 Å². The van der Waals surface area contributed by atoms with Gasteiger partial charge < -0.3 is 9.63 Å². The molecular weight excluding hydrogens is 356 g/mol. The van der Waals surface area contributed by atoms with Gasteiger partial charge >= 0.3 is 0 Å². The fourth-order valence-corrected chi connectivity index (χ4v) is 2.68. The van der Waals surface area contributed by atoms with Crippen molar-refractivity contribution in [3.8, 4) is 22.6 Å². The van der Waals surface area contributed by atoms with Crippen LogP contribution < -0.4 is 0 Å². The van der Waals surface area contributed by atoms with Crippen molar-refractivity contribution in [2.75, 3.05) is 0 Å². The van der Waals surface area contributed by atoms with Crippen molar-refractivity contribution < 1.29 is 18.4 Å². The van der Waals surface area contributed by atoms with Gasteiger partial charge in [-0.1, -0.05) is 39.3 Å². The molecule has 112 valence electrons. The van der Waals surface area contributed by atoms with Gasteiger partial charge in [0.05, 0.1) is 17.7 Å². The van der Waals surface area contributed by atoms with Crippen LogP contribution in [0.5, 0.6) is 0 Å². The number of nitrogens with zero attached hydrogens (tertiary/aromatic N) is 1. The Morgan fingerprint density at radius 3 is 2.59 bits per heavy atom. The molecule has 0 unspecified atom stereocenters. The molecule has 1 heterocycles. The number of rotatable bonds is 3. The third-order valence-corrected chi connectivity index (χ3v) is 3.94. The quantitative estimate of drug-likeness (QED) is 0.740. The fourth-order valence-electron chi connectivity index (χ4n) is 2.20. The van der Waals surface area contributed by atoms with Crippen molar-refractivity contribution in [3.05, 3.63) is 64.1 Å². The predicted octanol–water partition coefficient (Wildman–Crippen LogP) is 4.54. The number of benzene rings is 2. The molecule has 0 fully saturated rings. The van der Waals surface area contributed by atoms with Crippen LogP contribution in [0.3, 0.4) is 0 Å². The smallest absolute Gasteiger partial charge is 0.176 e. The lowest BCUT2D eigenvalue weighted by Gasteiger charge is -2.04. The Labute approximate surface area is 133 Å². The second-order valence-corrected chi connectivity index (χ2v) is 5.46. The first-order valence-electron chi connectivity index (χ1n) is 6.41. The summed E-state index contributed by atoms with van der Waals surface area (Å²) in [5, 5.41) is 13.5. The molecule has 3 nitrogen and oxygen atoms in total. The number of hydrogen-bond acceptors (Lipinski definition) is 3. The van der Waals surface area contributed by atoms with Gasteiger partial charge in [0.2, 0.25) is 0 Å². The maximum absolute atomic E-state index is 13.9. The van der Waals surface area contributed by atoms with Crippen LogP contribution in [0.4, 0.5) is 8.78 Å². The van der Waals surface area contributed by atoms with Crippen molar-refractivity contribution in [3.63, 3.8) is 0 Å². The first-order valence-corrected chi connectivity index (χ1v) is 7.21. The van der Waals surface area contributed by atoms with Gasteiger partial charge in [-0.15, -0.1) is 0 Å². The van der Waals surface area contributed by atoms with E-state index in [1.165, 1.54) is 0 Å². The van der Waals surface area contributed by atoms with Crippen LogP contribution in [0.25, 0.3) is 22.6 Å². The van der Waals surface area contributed by atoms with Crippen LogP contribution in [0.15, 0.2) is 51.5 Å². The lowest BCUT2D eigenvalue weighted by molar-refractivity contribution is 0.281. The van der Waals surface area contributed by atoms with Gasteiger partial charge in [0.15, 0.2) is 5.76 Å². The summed E-state index contributed by atoms with van der Waals surface area (Å²) in [6.07, 6.45) is 0. The zero-order valence-corrected chi connectivity index (χ0v) is 12.8. The second-order valence-electron chi connectivity index (χ2n) is 4.60. The normalized spacial score (nSPS) is 10.9. The van der Waals surface area contributed by atoms with Gasteiger partial charge in [-0.3, -0.25) is 0 Å². The standard InChI is InChI=1S/C16H10BrF2NO2/c17-13-4-2-1-3-10(13)15-12(8-21)16(22-20-15)11-7-9(18)5-6-14(11)19/h1-7,21H,8H2. The summed E-state index contributed by atoms with van der Waals surface area (Å²) in [7, 11) is 0. The summed E-state index contributed by atoms with van der Waals surface area (Å²) in [5.74, 6) is -1.23. The maximum atomic E-state index is 13.9. The Morgan fingerprint density at radius 2 is 1.86 bits per heavy atom. The molecule has 6 heteroatoms. The summed E-state index contributed by atoms with van der Waals surface area (Å²) in [6, 6.07) is 10.3. The van der Waals surface area contributed by atoms with E-state index in [0.717, 1.165) is 22.7 Å². The molecule has 0 radical (unpaired) electrons. The van der Waals surface area contributed by atoms with Crippen molar-refractivity contribution in [1.82, 2.24) is 5.16 Å². The number of aromatic nitrogens is 1. The van der Waals surface area contributed by atoms with Crippen LogP contribution in [0.2, 0.25) is 0 Å². The highest BCUT2D eigenvalue weighted by Gasteiger charge is 2.22. The molecule has 0 bridgehead atoms. The molecule has 3 aromatic rings. The Kier molecular flexibility index (Phi) is 4.04. The SMILES string of the molecule is OCc1c(-c2ccccc2Br)noc1-c1cc(F)ccc1F. The minimum absolute atomic E-state index is 0.0188. The van der Waals surface area contributed by atoms with E-state index < -0.39 is 18.2 Å². The largest absolute Gasteiger partial charge is 0.391 e. The second kappa shape index (κ2) is 5.98. The summed E-state index contributed by atoms with van der Waals surface area (Å²) >= 11 is 3.39. The molecule has 22 heavy (non-hydrogen) atoms. The summed E-state index contributed by atoms with van der Waals surface area (Å²) in [5.41, 5.74) is 1.30. The maximum Gasteiger partial charge on any atom is 0.176 e. The van der Waals surface area contributed by atoms with Crippen LogP contribution >= 0.6 is 15.9 Å². The minimum atomic E-state index is -0.647. The molecule has 0 aliphatic heterocycles. The first-order chi connectivity index (χ1) is 10.6. The van der Waals surface area contributed by atoms with E-state index in [0.29, 0.717) is 16.8 Å². The van der Waals surface area contributed by atoms with E-state index in [9.17, 15) is 13.9 Å². The topological polar surface area (TPSA) is 46.3 Å². The molecule has 0 saturated heterocycles. The highest BCUT2D eigenvalue weighted by atomic mass is 79.9. The lowest BCUT2D eigenvalue weighted by Crippen LogP contribution is -1.92. The van der Waals surface area contributed by atoms with E-state index in [4.69, 9.17) is 4.52 Å². The Balaban J connectivity index is 2.20. The van der Waals surface area contributed by atoms with Gasteiger partial charge in [0, 0.05) is 10.0 Å². The Morgan fingerprint density at radius 1 is 1.09 bits per heavy atom. The number of aliphatic hydroxyl groups excluding tert-OH is 1. The van der Waals surface area contributed by atoms with Gasteiger partial charge in [-0.25, -0.2) is 8.78 Å². The van der Waals surface area contributed by atoms with Crippen LogP contribution in [-0.4, -0.2) is 10.3 Å².